The Labute approximate surface area is 136 Å². The average Bonchev–Trinajstić information content (AvgIpc) is 3.00. The molecule has 1 heterocycles. The van der Waals surface area contributed by atoms with E-state index in [0.29, 0.717) is 22.9 Å². The molecule has 5 heteroatoms. The molecule has 1 aromatic heterocycles. The highest BCUT2D eigenvalue weighted by atomic mass is 16.5. The summed E-state index contributed by atoms with van der Waals surface area (Å²) >= 11 is 0. The fourth-order valence-corrected chi connectivity index (χ4v) is 3.49. The first kappa shape index (κ1) is 15.9. The number of fused-ring (bicyclic) bond motifs is 1. The van der Waals surface area contributed by atoms with E-state index in [1.807, 2.05) is 12.1 Å². The molecule has 3 N–H and O–H groups in total. The maximum Gasteiger partial charge on any atom is 0.267 e. The maximum atomic E-state index is 12.5. The Morgan fingerprint density at radius 1 is 1.39 bits per heavy atom. The molecule has 3 rings (SSSR count). The van der Waals surface area contributed by atoms with Crippen molar-refractivity contribution in [2.24, 2.45) is 5.92 Å². The molecule has 0 saturated heterocycles. The lowest BCUT2D eigenvalue weighted by Gasteiger charge is -2.29. The van der Waals surface area contributed by atoms with Crippen LogP contribution < -0.4 is 10.1 Å². The first-order valence-electron chi connectivity index (χ1n) is 8.24. The normalized spacial score (nSPS) is 21.3. The van der Waals surface area contributed by atoms with Gasteiger partial charge in [0.1, 0.15) is 11.4 Å². The summed E-state index contributed by atoms with van der Waals surface area (Å²) < 4.78 is 5.40. The van der Waals surface area contributed by atoms with Crippen molar-refractivity contribution in [3.63, 3.8) is 0 Å². The molecule has 1 aromatic carbocycles. The number of aliphatic hydroxyl groups is 1. The van der Waals surface area contributed by atoms with Crippen LogP contribution in [0.25, 0.3) is 10.9 Å². The topological polar surface area (TPSA) is 74.3 Å². The summed E-state index contributed by atoms with van der Waals surface area (Å²) in [4.78, 5) is 15.7. The molecular weight excluding hydrogens is 292 g/mol. The maximum absolute atomic E-state index is 12.5. The number of rotatable bonds is 4. The number of nitrogens with one attached hydrogen (secondary N) is 2. The van der Waals surface area contributed by atoms with Crippen LogP contribution >= 0.6 is 0 Å². The Balaban J connectivity index is 1.86. The summed E-state index contributed by atoms with van der Waals surface area (Å²) in [6, 6.07) is 5.72. The monoisotopic (exact) mass is 316 g/mol. The van der Waals surface area contributed by atoms with E-state index in [9.17, 15) is 9.90 Å². The van der Waals surface area contributed by atoms with Gasteiger partial charge in [-0.2, -0.15) is 0 Å². The van der Waals surface area contributed by atoms with Crippen molar-refractivity contribution in [3.8, 4) is 5.75 Å². The lowest BCUT2D eigenvalue weighted by molar-refractivity contribution is 0.0906. The molecule has 2 aromatic rings. The van der Waals surface area contributed by atoms with Crippen molar-refractivity contribution in [1.29, 1.82) is 0 Å². The second-order valence-corrected chi connectivity index (χ2v) is 6.40. The quantitative estimate of drug-likeness (QED) is 0.812. The minimum Gasteiger partial charge on any atom is -0.496 e. The number of hydrogen-bond acceptors (Lipinski definition) is 3. The molecule has 0 bridgehead atoms. The molecule has 0 spiro atoms. The van der Waals surface area contributed by atoms with E-state index in [-0.39, 0.29) is 18.6 Å². The molecular formula is C18H24N2O3. The van der Waals surface area contributed by atoms with Gasteiger partial charge < -0.3 is 20.1 Å². The van der Waals surface area contributed by atoms with Gasteiger partial charge in [0, 0.05) is 22.5 Å². The van der Waals surface area contributed by atoms with Gasteiger partial charge in [-0.3, -0.25) is 4.79 Å². The van der Waals surface area contributed by atoms with Crippen molar-refractivity contribution < 1.29 is 14.6 Å². The molecule has 124 valence electrons. The van der Waals surface area contributed by atoms with E-state index in [4.69, 9.17) is 4.74 Å². The Bertz CT molecular complexity index is 708. The molecule has 23 heavy (non-hydrogen) atoms. The number of aromatic nitrogens is 1. The molecule has 2 atom stereocenters. The first-order valence-corrected chi connectivity index (χ1v) is 8.24. The number of amides is 1. The highest BCUT2D eigenvalue weighted by Crippen LogP contribution is 2.31. The highest BCUT2D eigenvalue weighted by Gasteiger charge is 2.24. The number of hydrogen-bond donors (Lipinski definition) is 3. The summed E-state index contributed by atoms with van der Waals surface area (Å²) in [5.74, 6) is 1.06. The van der Waals surface area contributed by atoms with Crippen LogP contribution in [-0.4, -0.2) is 29.1 Å². The molecule has 0 aliphatic heterocycles. The predicted molar refractivity (Wildman–Crippen MR) is 89.7 cm³/mol. The summed E-state index contributed by atoms with van der Waals surface area (Å²) in [6.45, 7) is 2.11. The van der Waals surface area contributed by atoms with Crippen LogP contribution in [0, 0.1) is 5.92 Å². The van der Waals surface area contributed by atoms with Crippen LogP contribution in [0.15, 0.2) is 18.2 Å². The molecule has 1 amide bonds. The number of benzene rings is 1. The standard InChI is InChI=1S/C18H24N2O3/c1-11-5-3-4-6-14(11)20-18(22)16-9-13-15(19-16)8-7-12(10-21)17(13)23-2/h7-9,11,14,19,21H,3-6,10H2,1-2H3,(H,20,22)/t11-,14+/m0/s1. The van der Waals surface area contributed by atoms with Crippen molar-refractivity contribution in [2.75, 3.05) is 7.11 Å². The fourth-order valence-electron chi connectivity index (χ4n) is 3.49. The smallest absolute Gasteiger partial charge is 0.267 e. The zero-order valence-corrected chi connectivity index (χ0v) is 13.7. The van der Waals surface area contributed by atoms with Gasteiger partial charge in [-0.15, -0.1) is 0 Å². The second-order valence-electron chi connectivity index (χ2n) is 6.40. The number of ether oxygens (including phenoxy) is 1. The Hall–Kier alpha value is -2.01. The van der Waals surface area contributed by atoms with Crippen LogP contribution in [0.5, 0.6) is 5.75 Å². The van der Waals surface area contributed by atoms with Crippen molar-refractivity contribution in [1.82, 2.24) is 10.3 Å². The molecule has 1 aliphatic carbocycles. The van der Waals surface area contributed by atoms with Gasteiger partial charge in [-0.05, 0) is 30.9 Å². The fraction of sp³-hybridized carbons (Fsp3) is 0.500. The molecule has 0 unspecified atom stereocenters. The van der Waals surface area contributed by atoms with Gasteiger partial charge in [0.25, 0.3) is 5.91 Å². The molecule has 1 fully saturated rings. The molecule has 1 saturated carbocycles. The van der Waals surface area contributed by atoms with Crippen molar-refractivity contribution >= 4 is 16.8 Å². The highest BCUT2D eigenvalue weighted by molar-refractivity contribution is 6.00. The predicted octanol–water partition coefficient (Wildman–Crippen LogP) is 2.98. The summed E-state index contributed by atoms with van der Waals surface area (Å²) in [5, 5.41) is 13.4. The van der Waals surface area contributed by atoms with Gasteiger partial charge in [0.2, 0.25) is 0 Å². The number of carbonyl (C=O) groups is 1. The minimum absolute atomic E-state index is 0.0763. The average molecular weight is 316 g/mol. The number of methoxy groups -OCH3 is 1. The lowest BCUT2D eigenvalue weighted by Crippen LogP contribution is -2.41. The molecule has 1 aliphatic rings. The van der Waals surface area contributed by atoms with Crippen LogP contribution in [0.3, 0.4) is 0 Å². The minimum atomic E-state index is -0.0919. The van der Waals surface area contributed by atoms with Crippen LogP contribution in [0.4, 0.5) is 0 Å². The summed E-state index contributed by atoms with van der Waals surface area (Å²) in [7, 11) is 1.57. The van der Waals surface area contributed by atoms with Crippen LogP contribution in [0.2, 0.25) is 0 Å². The third-order valence-electron chi connectivity index (χ3n) is 4.88. The second kappa shape index (κ2) is 6.62. The van der Waals surface area contributed by atoms with Gasteiger partial charge >= 0.3 is 0 Å². The zero-order valence-electron chi connectivity index (χ0n) is 13.7. The van der Waals surface area contributed by atoms with E-state index in [2.05, 4.69) is 17.2 Å². The van der Waals surface area contributed by atoms with Gasteiger partial charge in [-0.25, -0.2) is 0 Å². The van der Waals surface area contributed by atoms with Gasteiger partial charge in [0.05, 0.1) is 13.7 Å². The van der Waals surface area contributed by atoms with E-state index >= 15 is 0 Å². The third-order valence-corrected chi connectivity index (χ3v) is 4.88. The molecule has 5 nitrogen and oxygen atoms in total. The van der Waals surface area contributed by atoms with Gasteiger partial charge in [-0.1, -0.05) is 25.8 Å². The lowest BCUT2D eigenvalue weighted by atomic mass is 9.86. The van der Waals surface area contributed by atoms with Crippen molar-refractivity contribution in [2.45, 2.75) is 45.3 Å². The number of carbonyl (C=O) groups excluding carboxylic acids is 1. The Morgan fingerprint density at radius 3 is 2.87 bits per heavy atom. The summed E-state index contributed by atoms with van der Waals surface area (Å²) in [5.41, 5.74) is 2.08. The largest absolute Gasteiger partial charge is 0.496 e. The zero-order chi connectivity index (χ0) is 16.4. The Morgan fingerprint density at radius 2 is 2.17 bits per heavy atom. The number of aromatic amines is 1. The number of aliphatic hydroxyl groups excluding tert-OH is 1. The van der Waals surface area contributed by atoms with Crippen LogP contribution in [-0.2, 0) is 6.61 Å². The van der Waals surface area contributed by atoms with E-state index in [0.717, 1.165) is 17.3 Å². The third kappa shape index (κ3) is 3.06. The number of H-pyrrole nitrogens is 1. The van der Waals surface area contributed by atoms with E-state index in [1.165, 1.54) is 19.3 Å². The van der Waals surface area contributed by atoms with E-state index < -0.39 is 0 Å². The molecule has 0 radical (unpaired) electrons. The first-order chi connectivity index (χ1) is 11.1. The van der Waals surface area contributed by atoms with Crippen molar-refractivity contribution in [3.05, 3.63) is 29.5 Å². The van der Waals surface area contributed by atoms with Gasteiger partial charge in [0.15, 0.2) is 0 Å². The van der Waals surface area contributed by atoms with Crippen LogP contribution in [0.1, 0.15) is 48.7 Å². The Kier molecular flexibility index (Phi) is 4.57. The van der Waals surface area contributed by atoms with E-state index in [1.54, 1.807) is 13.2 Å². The SMILES string of the molecule is COc1c(CO)ccc2[nH]c(C(=O)N[C@@H]3CCCC[C@@H]3C)cc12. The summed E-state index contributed by atoms with van der Waals surface area (Å²) in [6.07, 6.45) is 4.65.